The van der Waals surface area contributed by atoms with Crippen molar-refractivity contribution >= 4 is 5.84 Å². The summed E-state index contributed by atoms with van der Waals surface area (Å²) in [6.45, 7) is 6.29. The second-order valence-electron chi connectivity index (χ2n) is 3.63. The van der Waals surface area contributed by atoms with Crippen LogP contribution in [0.5, 0.6) is 0 Å². The first-order chi connectivity index (χ1) is 6.57. The van der Waals surface area contributed by atoms with E-state index < -0.39 is 0 Å². The molecule has 78 valence electrons. The Kier molecular flexibility index (Phi) is 3.11. The van der Waals surface area contributed by atoms with Crippen LogP contribution in [-0.2, 0) is 0 Å². The molecule has 5 heteroatoms. The van der Waals surface area contributed by atoms with E-state index in [1.165, 1.54) is 0 Å². The quantitative estimate of drug-likeness (QED) is 0.330. The summed E-state index contributed by atoms with van der Waals surface area (Å²) in [5.41, 5.74) is 5.49. The van der Waals surface area contributed by atoms with Crippen molar-refractivity contribution < 1.29 is 5.21 Å². The van der Waals surface area contributed by atoms with Crippen molar-refractivity contribution in [2.45, 2.75) is 26.8 Å². The van der Waals surface area contributed by atoms with Gasteiger partial charge in [0.15, 0.2) is 5.82 Å². The fraction of sp³-hybridized carbons (Fsp3) is 0.556. The van der Waals surface area contributed by atoms with Gasteiger partial charge in [-0.3, -0.25) is 0 Å². The SMILES string of the molecule is CC(C)C(C)n1ccnc1/C(N)=N/O. The molecule has 1 aromatic heterocycles. The van der Waals surface area contributed by atoms with E-state index in [1.54, 1.807) is 6.20 Å². The summed E-state index contributed by atoms with van der Waals surface area (Å²) in [5, 5.41) is 11.5. The van der Waals surface area contributed by atoms with Crippen molar-refractivity contribution in [2.24, 2.45) is 16.8 Å². The van der Waals surface area contributed by atoms with Gasteiger partial charge in [-0.1, -0.05) is 19.0 Å². The maximum absolute atomic E-state index is 8.56. The van der Waals surface area contributed by atoms with Gasteiger partial charge in [-0.2, -0.15) is 0 Å². The fourth-order valence-electron chi connectivity index (χ4n) is 1.21. The molecular formula is C9H16N4O. The van der Waals surface area contributed by atoms with Crippen LogP contribution >= 0.6 is 0 Å². The summed E-state index contributed by atoms with van der Waals surface area (Å²) in [7, 11) is 0. The molecule has 0 fully saturated rings. The van der Waals surface area contributed by atoms with Crippen molar-refractivity contribution in [2.75, 3.05) is 0 Å². The molecule has 3 N–H and O–H groups in total. The average Bonchev–Trinajstić information content (AvgIpc) is 2.63. The normalized spacial score (nSPS) is 14.7. The summed E-state index contributed by atoms with van der Waals surface area (Å²) >= 11 is 0. The van der Waals surface area contributed by atoms with Gasteiger partial charge in [0.1, 0.15) is 0 Å². The Bertz CT molecular complexity index is 329. The van der Waals surface area contributed by atoms with Gasteiger partial charge in [0, 0.05) is 18.4 Å². The molecule has 0 radical (unpaired) electrons. The summed E-state index contributed by atoms with van der Waals surface area (Å²) in [6.07, 6.45) is 3.48. The van der Waals surface area contributed by atoms with Gasteiger partial charge in [-0.05, 0) is 12.8 Å². The summed E-state index contributed by atoms with van der Waals surface area (Å²) in [6, 6.07) is 0.271. The fourth-order valence-corrected chi connectivity index (χ4v) is 1.21. The van der Waals surface area contributed by atoms with Crippen LogP contribution in [0, 0.1) is 5.92 Å². The lowest BCUT2D eigenvalue weighted by Gasteiger charge is -2.19. The predicted octanol–water partition coefficient (Wildman–Crippen LogP) is 1.19. The van der Waals surface area contributed by atoms with Gasteiger partial charge in [-0.25, -0.2) is 4.98 Å². The maximum atomic E-state index is 8.56. The van der Waals surface area contributed by atoms with E-state index in [0.29, 0.717) is 11.7 Å². The zero-order valence-electron chi connectivity index (χ0n) is 8.68. The van der Waals surface area contributed by atoms with Gasteiger partial charge in [0.05, 0.1) is 0 Å². The van der Waals surface area contributed by atoms with Crippen LogP contribution in [0.25, 0.3) is 0 Å². The van der Waals surface area contributed by atoms with E-state index in [0.717, 1.165) is 0 Å². The average molecular weight is 196 g/mol. The van der Waals surface area contributed by atoms with E-state index >= 15 is 0 Å². The maximum Gasteiger partial charge on any atom is 0.206 e. The highest BCUT2D eigenvalue weighted by molar-refractivity contribution is 5.93. The van der Waals surface area contributed by atoms with E-state index in [4.69, 9.17) is 10.9 Å². The number of nitrogens with two attached hydrogens (primary N) is 1. The second-order valence-corrected chi connectivity index (χ2v) is 3.63. The van der Waals surface area contributed by atoms with Gasteiger partial charge in [0.25, 0.3) is 0 Å². The minimum Gasteiger partial charge on any atom is -0.409 e. The summed E-state index contributed by atoms with van der Waals surface area (Å²) < 4.78 is 1.90. The zero-order chi connectivity index (χ0) is 10.7. The molecule has 0 aromatic carbocycles. The smallest absolute Gasteiger partial charge is 0.206 e. The van der Waals surface area contributed by atoms with Crippen LogP contribution in [0.3, 0.4) is 0 Å². The summed E-state index contributed by atoms with van der Waals surface area (Å²) in [5.74, 6) is 1.02. The van der Waals surface area contributed by atoms with Crippen molar-refractivity contribution in [3.05, 3.63) is 18.2 Å². The number of amidine groups is 1. The van der Waals surface area contributed by atoms with Crippen molar-refractivity contribution in [3.8, 4) is 0 Å². The first-order valence-corrected chi connectivity index (χ1v) is 4.58. The molecule has 0 saturated heterocycles. The van der Waals surface area contributed by atoms with Gasteiger partial charge in [0.2, 0.25) is 5.84 Å². The molecule has 1 rings (SSSR count). The minimum atomic E-state index is 0.0440. The van der Waals surface area contributed by atoms with Crippen molar-refractivity contribution in [3.63, 3.8) is 0 Å². The number of hydrogen-bond donors (Lipinski definition) is 2. The van der Waals surface area contributed by atoms with E-state index in [-0.39, 0.29) is 11.9 Å². The number of imidazole rings is 1. The molecule has 0 bridgehead atoms. The second kappa shape index (κ2) is 4.13. The van der Waals surface area contributed by atoms with Crippen LogP contribution in [0.15, 0.2) is 17.5 Å². The van der Waals surface area contributed by atoms with E-state index in [2.05, 4.69) is 30.9 Å². The lowest BCUT2D eigenvalue weighted by Crippen LogP contribution is -2.23. The Morgan fingerprint density at radius 3 is 2.71 bits per heavy atom. The number of aromatic nitrogens is 2. The van der Waals surface area contributed by atoms with Crippen LogP contribution in [0.4, 0.5) is 0 Å². The molecule has 5 nitrogen and oxygen atoms in total. The minimum absolute atomic E-state index is 0.0440. The Labute approximate surface area is 83.2 Å². The van der Waals surface area contributed by atoms with Crippen LogP contribution in [0.2, 0.25) is 0 Å². The molecule has 1 atom stereocenters. The van der Waals surface area contributed by atoms with Gasteiger partial charge in [-0.15, -0.1) is 0 Å². The standard InChI is InChI=1S/C9H16N4O/c1-6(2)7(3)13-5-4-11-9(13)8(10)12-14/h4-7,14H,1-3H3,(H2,10,12). The molecular weight excluding hydrogens is 180 g/mol. The predicted molar refractivity (Wildman–Crippen MR) is 54.3 cm³/mol. The molecule has 0 spiro atoms. The van der Waals surface area contributed by atoms with Crippen LogP contribution < -0.4 is 5.73 Å². The lowest BCUT2D eigenvalue weighted by molar-refractivity contribution is 0.317. The first-order valence-electron chi connectivity index (χ1n) is 4.58. The first kappa shape index (κ1) is 10.6. The van der Waals surface area contributed by atoms with E-state index in [9.17, 15) is 0 Å². The Morgan fingerprint density at radius 1 is 1.57 bits per heavy atom. The molecule has 0 aliphatic carbocycles. The summed E-state index contributed by atoms with van der Waals surface area (Å²) in [4.78, 5) is 4.04. The highest BCUT2D eigenvalue weighted by atomic mass is 16.4. The zero-order valence-corrected chi connectivity index (χ0v) is 8.68. The molecule has 0 aliphatic rings. The number of hydrogen-bond acceptors (Lipinski definition) is 3. The largest absolute Gasteiger partial charge is 0.409 e. The molecule has 14 heavy (non-hydrogen) atoms. The molecule has 1 aromatic rings. The van der Waals surface area contributed by atoms with Gasteiger partial charge < -0.3 is 15.5 Å². The lowest BCUT2D eigenvalue weighted by atomic mass is 10.1. The monoisotopic (exact) mass is 196 g/mol. The molecule has 1 heterocycles. The topological polar surface area (TPSA) is 76.4 Å². The Balaban J connectivity index is 3.04. The van der Waals surface area contributed by atoms with Crippen molar-refractivity contribution in [1.82, 2.24) is 9.55 Å². The third-order valence-electron chi connectivity index (χ3n) is 2.41. The number of rotatable bonds is 3. The molecule has 0 saturated carbocycles. The Morgan fingerprint density at radius 2 is 2.21 bits per heavy atom. The highest BCUT2D eigenvalue weighted by Crippen LogP contribution is 2.17. The number of oxime groups is 1. The third-order valence-corrected chi connectivity index (χ3v) is 2.41. The molecule has 0 amide bonds. The molecule has 0 aliphatic heterocycles. The van der Waals surface area contributed by atoms with Crippen LogP contribution in [0.1, 0.15) is 32.6 Å². The van der Waals surface area contributed by atoms with Gasteiger partial charge >= 0.3 is 0 Å². The highest BCUT2D eigenvalue weighted by Gasteiger charge is 2.15. The van der Waals surface area contributed by atoms with E-state index in [1.807, 2.05) is 10.8 Å². The Hall–Kier alpha value is -1.52. The van der Waals surface area contributed by atoms with Crippen molar-refractivity contribution in [1.29, 1.82) is 0 Å². The van der Waals surface area contributed by atoms with Crippen LogP contribution in [-0.4, -0.2) is 20.6 Å². The third kappa shape index (κ3) is 1.86. The number of nitrogens with zero attached hydrogens (tertiary/aromatic N) is 3. The molecule has 1 unspecified atom stereocenters.